The first kappa shape index (κ1) is 19.0. The first-order valence-corrected chi connectivity index (χ1v) is 9.76. The minimum atomic E-state index is 0.486. The summed E-state index contributed by atoms with van der Waals surface area (Å²) in [6, 6.07) is 11.1. The SMILES string of the molecule is CCCC(CC)Nc1cncc(-c2cnc(Cc3cccc(C)c3)nc2)c1. The molecule has 4 nitrogen and oxygen atoms in total. The van der Waals surface area contributed by atoms with E-state index in [9.17, 15) is 0 Å². The molecule has 3 aromatic rings. The Hall–Kier alpha value is -2.75. The molecule has 0 aliphatic carbocycles. The van der Waals surface area contributed by atoms with Gasteiger partial charge in [-0.25, -0.2) is 9.97 Å². The highest BCUT2D eigenvalue weighted by Gasteiger charge is 2.07. The molecule has 1 atom stereocenters. The number of benzene rings is 1. The van der Waals surface area contributed by atoms with Crippen molar-refractivity contribution in [2.45, 2.75) is 52.5 Å². The first-order chi connectivity index (χ1) is 13.2. The maximum Gasteiger partial charge on any atom is 0.132 e. The van der Waals surface area contributed by atoms with Crippen molar-refractivity contribution in [1.82, 2.24) is 15.0 Å². The Morgan fingerprint density at radius 3 is 2.48 bits per heavy atom. The van der Waals surface area contributed by atoms with E-state index in [-0.39, 0.29) is 0 Å². The Morgan fingerprint density at radius 2 is 1.78 bits per heavy atom. The fourth-order valence-electron chi connectivity index (χ4n) is 3.24. The fraction of sp³-hybridized carbons (Fsp3) is 0.348. The van der Waals surface area contributed by atoms with Gasteiger partial charge in [0, 0.05) is 48.4 Å². The lowest BCUT2D eigenvalue weighted by Gasteiger charge is -2.17. The van der Waals surface area contributed by atoms with Crippen LogP contribution in [-0.2, 0) is 6.42 Å². The van der Waals surface area contributed by atoms with E-state index in [0.29, 0.717) is 6.04 Å². The van der Waals surface area contributed by atoms with Gasteiger partial charge in [0.25, 0.3) is 0 Å². The summed E-state index contributed by atoms with van der Waals surface area (Å²) in [5, 5.41) is 3.59. The second-order valence-corrected chi connectivity index (χ2v) is 7.05. The van der Waals surface area contributed by atoms with Crippen LogP contribution in [0.1, 0.15) is 50.1 Å². The lowest BCUT2D eigenvalue weighted by atomic mass is 10.1. The van der Waals surface area contributed by atoms with Crippen LogP contribution in [0.4, 0.5) is 5.69 Å². The van der Waals surface area contributed by atoms with Crippen molar-refractivity contribution in [1.29, 1.82) is 0 Å². The predicted octanol–water partition coefficient (Wildman–Crippen LogP) is 5.43. The number of nitrogens with one attached hydrogen (secondary N) is 1. The first-order valence-electron chi connectivity index (χ1n) is 9.76. The van der Waals surface area contributed by atoms with Crippen molar-refractivity contribution >= 4 is 5.69 Å². The average molecular weight is 361 g/mol. The number of aryl methyl sites for hydroxylation is 1. The van der Waals surface area contributed by atoms with Crippen LogP contribution in [0.3, 0.4) is 0 Å². The average Bonchev–Trinajstić information content (AvgIpc) is 2.68. The quantitative estimate of drug-likeness (QED) is 0.582. The molecule has 140 valence electrons. The van der Waals surface area contributed by atoms with Gasteiger partial charge in [0.2, 0.25) is 0 Å². The zero-order chi connectivity index (χ0) is 19.1. The second-order valence-electron chi connectivity index (χ2n) is 7.05. The molecule has 27 heavy (non-hydrogen) atoms. The molecular weight excluding hydrogens is 332 g/mol. The summed E-state index contributed by atoms with van der Waals surface area (Å²) in [6.07, 6.45) is 11.7. The van der Waals surface area contributed by atoms with E-state index in [1.807, 2.05) is 24.8 Å². The Kier molecular flexibility index (Phi) is 6.53. The van der Waals surface area contributed by atoms with Crippen molar-refractivity contribution in [2.75, 3.05) is 5.32 Å². The Labute approximate surface area is 162 Å². The molecule has 0 aliphatic rings. The third-order valence-corrected chi connectivity index (χ3v) is 4.72. The molecule has 1 N–H and O–H groups in total. The third-order valence-electron chi connectivity index (χ3n) is 4.72. The standard InChI is InChI=1S/C23H28N4/c1-4-7-21(5-2)27-22-12-19(13-24-16-22)20-14-25-23(26-15-20)11-18-9-6-8-17(3)10-18/h6,8-10,12-16,21,27H,4-5,7,11H2,1-3H3. The van der Waals surface area contributed by atoms with E-state index in [1.165, 1.54) is 17.5 Å². The zero-order valence-corrected chi connectivity index (χ0v) is 16.4. The van der Waals surface area contributed by atoms with Gasteiger partial charge in [0.15, 0.2) is 0 Å². The molecule has 1 aromatic carbocycles. The van der Waals surface area contributed by atoms with E-state index < -0.39 is 0 Å². The Balaban J connectivity index is 1.72. The summed E-state index contributed by atoms with van der Waals surface area (Å²) in [5.74, 6) is 0.834. The van der Waals surface area contributed by atoms with E-state index in [1.54, 1.807) is 0 Å². The largest absolute Gasteiger partial charge is 0.381 e. The minimum Gasteiger partial charge on any atom is -0.381 e. The molecule has 2 heterocycles. The van der Waals surface area contributed by atoms with Crippen LogP contribution >= 0.6 is 0 Å². The number of hydrogen-bond donors (Lipinski definition) is 1. The van der Waals surface area contributed by atoms with Crippen LogP contribution in [0, 0.1) is 6.92 Å². The van der Waals surface area contributed by atoms with Crippen LogP contribution < -0.4 is 5.32 Å². The molecular formula is C23H28N4. The highest BCUT2D eigenvalue weighted by Crippen LogP contribution is 2.22. The summed E-state index contributed by atoms with van der Waals surface area (Å²) < 4.78 is 0. The predicted molar refractivity (Wildman–Crippen MR) is 112 cm³/mol. The van der Waals surface area contributed by atoms with Gasteiger partial charge in [-0.3, -0.25) is 4.98 Å². The van der Waals surface area contributed by atoms with Crippen LogP contribution in [0.15, 0.2) is 55.1 Å². The highest BCUT2D eigenvalue weighted by molar-refractivity contribution is 5.65. The maximum atomic E-state index is 4.56. The number of pyridine rings is 1. The normalized spacial score (nSPS) is 12.0. The van der Waals surface area contributed by atoms with Gasteiger partial charge in [0.1, 0.15) is 5.82 Å². The van der Waals surface area contributed by atoms with Crippen molar-refractivity contribution in [3.05, 3.63) is 72.1 Å². The van der Waals surface area contributed by atoms with Gasteiger partial charge in [0.05, 0.1) is 5.69 Å². The molecule has 1 unspecified atom stereocenters. The molecule has 2 aromatic heterocycles. The van der Waals surface area contributed by atoms with Crippen LogP contribution in [-0.4, -0.2) is 21.0 Å². The van der Waals surface area contributed by atoms with Crippen molar-refractivity contribution < 1.29 is 0 Å². The molecule has 0 saturated heterocycles. The summed E-state index contributed by atoms with van der Waals surface area (Å²) in [4.78, 5) is 13.5. The minimum absolute atomic E-state index is 0.486. The highest BCUT2D eigenvalue weighted by atomic mass is 14.9. The van der Waals surface area contributed by atoms with E-state index in [4.69, 9.17) is 0 Å². The van der Waals surface area contributed by atoms with Crippen LogP contribution in [0.5, 0.6) is 0 Å². The molecule has 0 bridgehead atoms. The van der Waals surface area contributed by atoms with Crippen molar-refractivity contribution in [3.8, 4) is 11.1 Å². The van der Waals surface area contributed by atoms with Crippen LogP contribution in [0.2, 0.25) is 0 Å². The summed E-state index contributed by atoms with van der Waals surface area (Å²) >= 11 is 0. The number of nitrogens with zero attached hydrogens (tertiary/aromatic N) is 3. The summed E-state index contributed by atoms with van der Waals surface area (Å²) in [7, 11) is 0. The molecule has 0 spiro atoms. The van der Waals surface area contributed by atoms with Gasteiger partial charge >= 0.3 is 0 Å². The fourth-order valence-corrected chi connectivity index (χ4v) is 3.24. The summed E-state index contributed by atoms with van der Waals surface area (Å²) in [5.41, 5.74) is 5.57. The summed E-state index contributed by atoms with van der Waals surface area (Å²) in [6.45, 7) is 6.53. The van der Waals surface area contributed by atoms with Gasteiger partial charge < -0.3 is 5.32 Å². The number of hydrogen-bond acceptors (Lipinski definition) is 4. The molecule has 3 rings (SSSR count). The topological polar surface area (TPSA) is 50.7 Å². The lowest BCUT2D eigenvalue weighted by Crippen LogP contribution is -2.18. The Bertz CT molecular complexity index is 858. The van der Waals surface area contributed by atoms with Crippen molar-refractivity contribution in [3.63, 3.8) is 0 Å². The molecule has 4 heteroatoms. The molecule has 0 aliphatic heterocycles. The van der Waals surface area contributed by atoms with Crippen molar-refractivity contribution in [2.24, 2.45) is 0 Å². The lowest BCUT2D eigenvalue weighted by molar-refractivity contribution is 0.622. The Morgan fingerprint density at radius 1 is 0.963 bits per heavy atom. The smallest absolute Gasteiger partial charge is 0.132 e. The monoisotopic (exact) mass is 360 g/mol. The maximum absolute atomic E-state index is 4.56. The van der Waals surface area contributed by atoms with Gasteiger partial charge in [-0.2, -0.15) is 0 Å². The molecule has 0 amide bonds. The zero-order valence-electron chi connectivity index (χ0n) is 16.4. The van der Waals surface area contributed by atoms with E-state index in [0.717, 1.165) is 41.9 Å². The number of aromatic nitrogens is 3. The molecule has 0 fully saturated rings. The molecule has 0 saturated carbocycles. The molecule has 0 radical (unpaired) electrons. The van der Waals surface area contributed by atoms with Gasteiger partial charge in [-0.15, -0.1) is 0 Å². The van der Waals surface area contributed by atoms with Gasteiger partial charge in [-0.05, 0) is 31.4 Å². The number of anilines is 1. The van der Waals surface area contributed by atoms with Crippen LogP contribution in [0.25, 0.3) is 11.1 Å². The third kappa shape index (κ3) is 5.36. The van der Waals surface area contributed by atoms with Gasteiger partial charge in [-0.1, -0.05) is 50.1 Å². The number of rotatable bonds is 8. The van der Waals surface area contributed by atoms with E-state index >= 15 is 0 Å². The second kappa shape index (κ2) is 9.26. The van der Waals surface area contributed by atoms with E-state index in [2.05, 4.69) is 71.4 Å².